The van der Waals surface area contributed by atoms with Crippen LogP contribution in [0.2, 0.25) is 0 Å². The molecule has 102 valence electrons. The quantitative estimate of drug-likeness (QED) is 0.747. The third kappa shape index (κ3) is 5.04. The smallest absolute Gasteiger partial charge is 0.237 e. The average Bonchev–Trinajstić information content (AvgIpc) is 2.14. The van der Waals surface area contributed by atoms with Crippen LogP contribution in [0.25, 0.3) is 0 Å². The highest BCUT2D eigenvalue weighted by atomic mass is 32.2. The second-order valence-corrected chi connectivity index (χ2v) is 8.35. The Morgan fingerprint density at radius 1 is 1.29 bits per heavy atom. The Labute approximate surface area is 104 Å². The van der Waals surface area contributed by atoms with Gasteiger partial charge in [-0.3, -0.25) is 4.79 Å². The van der Waals surface area contributed by atoms with Crippen molar-refractivity contribution in [2.45, 2.75) is 45.4 Å². The maximum atomic E-state index is 11.8. The molecule has 0 saturated heterocycles. The summed E-state index contributed by atoms with van der Waals surface area (Å²) in [5, 5.41) is 2.55. The Balaban J connectivity index is 4.23. The highest BCUT2D eigenvalue weighted by Crippen LogP contribution is 2.15. The molecule has 3 N–H and O–H groups in total. The molecule has 0 aromatic carbocycles. The minimum absolute atomic E-state index is 0.0363. The van der Waals surface area contributed by atoms with Crippen molar-refractivity contribution in [3.63, 3.8) is 0 Å². The summed E-state index contributed by atoms with van der Waals surface area (Å²) in [7, 11) is -3.19. The van der Waals surface area contributed by atoms with Gasteiger partial charge in [0.1, 0.15) is 0 Å². The second kappa shape index (κ2) is 5.82. The van der Waals surface area contributed by atoms with Gasteiger partial charge in [-0.1, -0.05) is 13.8 Å². The van der Waals surface area contributed by atoms with Crippen LogP contribution in [-0.4, -0.2) is 37.4 Å². The van der Waals surface area contributed by atoms with Crippen LogP contribution in [-0.2, 0) is 14.6 Å². The fraction of sp³-hybridized carbons (Fsp3) is 0.909. The fourth-order valence-electron chi connectivity index (χ4n) is 1.04. The molecule has 0 aliphatic heterocycles. The van der Waals surface area contributed by atoms with Gasteiger partial charge in [0.15, 0.2) is 9.84 Å². The predicted molar refractivity (Wildman–Crippen MR) is 69.4 cm³/mol. The summed E-state index contributed by atoms with van der Waals surface area (Å²) in [5.41, 5.74) is 5.63. The van der Waals surface area contributed by atoms with Gasteiger partial charge in [0.2, 0.25) is 5.91 Å². The number of nitrogens with two attached hydrogens (primary N) is 1. The molecular weight excluding hydrogens is 240 g/mol. The molecule has 0 heterocycles. The van der Waals surface area contributed by atoms with E-state index in [1.807, 2.05) is 13.8 Å². The van der Waals surface area contributed by atoms with Crippen LogP contribution in [0, 0.1) is 5.92 Å². The van der Waals surface area contributed by atoms with Crippen LogP contribution in [0.3, 0.4) is 0 Å². The predicted octanol–water partition coefficient (Wildman–Crippen LogP) is 0.299. The van der Waals surface area contributed by atoms with Crippen LogP contribution in [0.1, 0.15) is 34.6 Å². The summed E-state index contributed by atoms with van der Waals surface area (Å²) in [4.78, 5) is 11.5. The lowest BCUT2D eigenvalue weighted by atomic mass is 10.1. The minimum atomic E-state index is -3.19. The summed E-state index contributed by atoms with van der Waals surface area (Å²) in [6, 6.07) is -0.590. The van der Waals surface area contributed by atoms with E-state index in [0.717, 1.165) is 0 Å². The van der Waals surface area contributed by atoms with Crippen LogP contribution < -0.4 is 11.1 Å². The van der Waals surface area contributed by atoms with Crippen molar-refractivity contribution < 1.29 is 13.2 Å². The summed E-state index contributed by atoms with van der Waals surface area (Å²) >= 11 is 0. The average molecular weight is 264 g/mol. The molecule has 6 heteroatoms. The molecule has 0 aliphatic carbocycles. The van der Waals surface area contributed by atoms with Gasteiger partial charge >= 0.3 is 0 Å². The minimum Gasteiger partial charge on any atom is -0.354 e. The Morgan fingerprint density at radius 2 is 1.76 bits per heavy atom. The molecule has 0 aliphatic rings. The topological polar surface area (TPSA) is 89.3 Å². The molecule has 0 aromatic heterocycles. The van der Waals surface area contributed by atoms with E-state index in [0.29, 0.717) is 0 Å². The Kier molecular flexibility index (Phi) is 5.61. The Bertz CT molecular complexity index is 355. The first-order chi connectivity index (χ1) is 7.49. The number of carbonyl (C=O) groups excluding carboxylic acids is 1. The first-order valence-electron chi connectivity index (χ1n) is 5.74. The number of carbonyl (C=O) groups is 1. The number of hydrogen-bond donors (Lipinski definition) is 2. The van der Waals surface area contributed by atoms with E-state index in [1.165, 1.54) is 0 Å². The van der Waals surface area contributed by atoms with Crippen LogP contribution >= 0.6 is 0 Å². The van der Waals surface area contributed by atoms with Crippen molar-refractivity contribution in [2.24, 2.45) is 11.7 Å². The van der Waals surface area contributed by atoms with Gasteiger partial charge in [0.25, 0.3) is 0 Å². The third-order valence-electron chi connectivity index (χ3n) is 2.62. The van der Waals surface area contributed by atoms with E-state index in [4.69, 9.17) is 5.73 Å². The van der Waals surface area contributed by atoms with E-state index in [2.05, 4.69) is 5.32 Å². The Morgan fingerprint density at radius 3 is 2.12 bits per heavy atom. The standard InChI is InChI=1S/C11H24N2O3S/c1-8(2)9(12)10(14)13-6-7-17(15,16)11(3,4)5/h8-9H,6-7,12H2,1-5H3,(H,13,14)/t9-/m0/s1. The van der Waals surface area contributed by atoms with Gasteiger partial charge in [0, 0.05) is 6.54 Å². The largest absolute Gasteiger partial charge is 0.354 e. The lowest BCUT2D eigenvalue weighted by molar-refractivity contribution is -0.123. The molecular formula is C11H24N2O3S. The van der Waals surface area contributed by atoms with E-state index < -0.39 is 20.6 Å². The van der Waals surface area contributed by atoms with Crippen molar-refractivity contribution >= 4 is 15.7 Å². The maximum absolute atomic E-state index is 11.8. The molecule has 0 saturated carbocycles. The zero-order valence-electron chi connectivity index (χ0n) is 11.3. The molecule has 0 bridgehead atoms. The molecule has 1 atom stereocenters. The normalized spacial score (nSPS) is 14.8. The molecule has 0 fully saturated rings. The van der Waals surface area contributed by atoms with Gasteiger partial charge in [0.05, 0.1) is 16.5 Å². The fourth-order valence-corrected chi connectivity index (χ4v) is 2.02. The molecule has 0 aromatic rings. The lowest BCUT2D eigenvalue weighted by Gasteiger charge is -2.20. The number of hydrogen-bond acceptors (Lipinski definition) is 4. The van der Waals surface area contributed by atoms with E-state index in [-0.39, 0.29) is 24.1 Å². The first kappa shape index (κ1) is 16.4. The van der Waals surface area contributed by atoms with E-state index in [9.17, 15) is 13.2 Å². The van der Waals surface area contributed by atoms with Crippen LogP contribution in [0.5, 0.6) is 0 Å². The van der Waals surface area contributed by atoms with Crippen molar-refractivity contribution in [1.29, 1.82) is 0 Å². The molecule has 0 spiro atoms. The van der Waals surface area contributed by atoms with Crippen molar-refractivity contribution in [2.75, 3.05) is 12.3 Å². The summed E-state index contributed by atoms with van der Waals surface area (Å²) in [6.45, 7) is 8.73. The van der Waals surface area contributed by atoms with Gasteiger partial charge in [-0.05, 0) is 26.7 Å². The first-order valence-corrected chi connectivity index (χ1v) is 7.40. The van der Waals surface area contributed by atoms with Gasteiger partial charge in [-0.2, -0.15) is 0 Å². The molecule has 0 radical (unpaired) electrons. The van der Waals surface area contributed by atoms with Crippen molar-refractivity contribution in [3.8, 4) is 0 Å². The van der Waals surface area contributed by atoms with Crippen molar-refractivity contribution in [1.82, 2.24) is 5.32 Å². The third-order valence-corrected chi connectivity index (χ3v) is 5.23. The molecule has 0 unspecified atom stereocenters. The number of sulfone groups is 1. The molecule has 17 heavy (non-hydrogen) atoms. The zero-order chi connectivity index (χ0) is 13.9. The highest BCUT2D eigenvalue weighted by molar-refractivity contribution is 7.92. The maximum Gasteiger partial charge on any atom is 0.237 e. The lowest BCUT2D eigenvalue weighted by Crippen LogP contribution is -2.46. The SMILES string of the molecule is CC(C)[C@H](N)C(=O)NCCS(=O)(=O)C(C)(C)C. The van der Waals surface area contributed by atoms with Gasteiger partial charge < -0.3 is 11.1 Å². The summed E-state index contributed by atoms with van der Waals surface area (Å²) < 4.78 is 22.7. The van der Waals surface area contributed by atoms with E-state index >= 15 is 0 Å². The van der Waals surface area contributed by atoms with Gasteiger partial charge in [-0.25, -0.2) is 8.42 Å². The number of rotatable bonds is 5. The summed E-state index contributed by atoms with van der Waals surface area (Å²) in [6.07, 6.45) is 0. The number of nitrogens with one attached hydrogen (secondary N) is 1. The summed E-state index contributed by atoms with van der Waals surface area (Å²) in [5.74, 6) is -0.328. The van der Waals surface area contributed by atoms with Crippen molar-refractivity contribution in [3.05, 3.63) is 0 Å². The molecule has 5 nitrogen and oxygen atoms in total. The Hall–Kier alpha value is -0.620. The highest BCUT2D eigenvalue weighted by Gasteiger charge is 2.28. The number of amides is 1. The molecule has 0 rings (SSSR count). The van der Waals surface area contributed by atoms with Crippen LogP contribution in [0.15, 0.2) is 0 Å². The molecule has 1 amide bonds. The van der Waals surface area contributed by atoms with Gasteiger partial charge in [-0.15, -0.1) is 0 Å². The zero-order valence-corrected chi connectivity index (χ0v) is 12.1. The van der Waals surface area contributed by atoms with E-state index in [1.54, 1.807) is 20.8 Å². The second-order valence-electron chi connectivity index (χ2n) is 5.49. The monoisotopic (exact) mass is 264 g/mol. The van der Waals surface area contributed by atoms with Crippen LogP contribution in [0.4, 0.5) is 0 Å².